The number of fused-ring (bicyclic) bond motifs is 3. The minimum atomic E-state index is -0.295. The summed E-state index contributed by atoms with van der Waals surface area (Å²) in [6.45, 7) is 23.6. The van der Waals surface area contributed by atoms with Crippen molar-refractivity contribution in [2.45, 2.75) is 90.9 Å². The van der Waals surface area contributed by atoms with E-state index in [1.807, 2.05) is 6.20 Å². The Morgan fingerprint density at radius 2 is 1.05 bits per heavy atom. The molecule has 8 aromatic rings. The van der Waals surface area contributed by atoms with Crippen LogP contribution in [0.4, 0.5) is 11.4 Å². The lowest BCUT2D eigenvalue weighted by molar-refractivity contribution is 0.477. The number of ether oxygens (including phenoxy) is 1. The van der Waals surface area contributed by atoms with Crippen LogP contribution in [-0.4, -0.2) is 16.2 Å². The van der Waals surface area contributed by atoms with Crippen molar-refractivity contribution in [3.8, 4) is 17.3 Å². The molecule has 0 bridgehead atoms. The van der Waals surface area contributed by atoms with Gasteiger partial charge in [0.15, 0.2) is 0 Å². The van der Waals surface area contributed by atoms with Crippen LogP contribution in [0.25, 0.3) is 27.6 Å². The lowest BCUT2D eigenvalue weighted by Gasteiger charge is -2.29. The van der Waals surface area contributed by atoms with E-state index in [0.717, 1.165) is 34.0 Å². The van der Waals surface area contributed by atoms with Gasteiger partial charge in [0.1, 0.15) is 17.3 Å². The van der Waals surface area contributed by atoms with E-state index in [9.17, 15) is 0 Å². The van der Waals surface area contributed by atoms with Gasteiger partial charge in [-0.3, -0.25) is 4.57 Å². The van der Waals surface area contributed by atoms with Crippen molar-refractivity contribution in [2.75, 3.05) is 16.5 Å². The van der Waals surface area contributed by atoms with Crippen LogP contribution in [0.2, 0.25) is 0 Å². The number of hydrogen-bond donors (Lipinski definition) is 0. The molecule has 1 aliphatic heterocycles. The Kier molecular flexibility index (Phi) is 10.4. The van der Waals surface area contributed by atoms with Crippen molar-refractivity contribution < 1.29 is 4.74 Å². The van der Waals surface area contributed by atoms with E-state index < -0.39 is 0 Å². The van der Waals surface area contributed by atoms with Gasteiger partial charge in [0.05, 0.1) is 17.7 Å². The maximum absolute atomic E-state index is 7.18. The summed E-state index contributed by atoms with van der Waals surface area (Å²) in [6.07, 6.45) is 6.33. The van der Waals surface area contributed by atoms with Crippen LogP contribution in [0.15, 0.2) is 170 Å². The first-order valence-corrected chi connectivity index (χ1v) is 22.3. The Morgan fingerprint density at radius 1 is 0.460 bits per heavy atom. The molecule has 6 aromatic carbocycles. The standard InChI is InChI=1S/C58H60N4O/c1-55(2,3)42-24-19-25-45(32-42)60-30-31-61(39-60)46-33-44(58(9,10)41-22-15-12-16-23-41)34-47(36-46)63-48-37-50(56(4,5)6)54-49-26-17-18-27-51(49)62(52(54)38-48)53-35-43(28-29-59-53)57(7,8)40-20-13-11-14-21-40/h11-38H,39H2,1-10H3. The highest BCUT2D eigenvalue weighted by Crippen LogP contribution is 2.44. The predicted molar refractivity (Wildman–Crippen MR) is 265 cm³/mol. The zero-order valence-corrected chi connectivity index (χ0v) is 38.6. The Bertz CT molecular complexity index is 2980. The van der Waals surface area contributed by atoms with Crippen LogP contribution < -0.4 is 14.5 Å². The average Bonchev–Trinajstić information content (AvgIpc) is 3.90. The fourth-order valence-electron chi connectivity index (χ4n) is 9.15. The molecular formula is C58H60N4O. The fraction of sp³-hybridized carbons (Fsp3) is 0.259. The van der Waals surface area contributed by atoms with Gasteiger partial charge in [-0.1, -0.05) is 160 Å². The molecule has 0 N–H and O–H groups in total. The second kappa shape index (κ2) is 15.6. The van der Waals surface area contributed by atoms with E-state index in [0.29, 0.717) is 6.67 Å². The van der Waals surface area contributed by atoms with Gasteiger partial charge in [0, 0.05) is 63.7 Å². The molecule has 0 saturated heterocycles. The molecular weight excluding hydrogens is 769 g/mol. The number of aromatic nitrogens is 2. The molecule has 0 atom stereocenters. The van der Waals surface area contributed by atoms with Crippen molar-refractivity contribution in [1.82, 2.24) is 9.55 Å². The van der Waals surface area contributed by atoms with Gasteiger partial charge >= 0.3 is 0 Å². The van der Waals surface area contributed by atoms with E-state index in [2.05, 4.69) is 248 Å². The first-order chi connectivity index (χ1) is 30.0. The van der Waals surface area contributed by atoms with Gasteiger partial charge in [0.2, 0.25) is 0 Å². The van der Waals surface area contributed by atoms with E-state index >= 15 is 0 Å². The summed E-state index contributed by atoms with van der Waals surface area (Å²) in [5.74, 6) is 2.46. The molecule has 0 saturated carbocycles. The summed E-state index contributed by atoms with van der Waals surface area (Å²) in [5, 5.41) is 2.42. The minimum absolute atomic E-state index is 0.0623. The molecule has 0 amide bonds. The Balaban J connectivity index is 1.17. The van der Waals surface area contributed by atoms with Gasteiger partial charge in [-0.2, -0.15) is 0 Å². The van der Waals surface area contributed by atoms with Crippen LogP contribution >= 0.6 is 0 Å². The van der Waals surface area contributed by atoms with Crippen molar-refractivity contribution >= 4 is 33.2 Å². The average molecular weight is 829 g/mol. The third-order valence-corrected chi connectivity index (χ3v) is 13.2. The van der Waals surface area contributed by atoms with Crippen molar-refractivity contribution in [1.29, 1.82) is 0 Å². The van der Waals surface area contributed by atoms with E-state index in [1.165, 1.54) is 49.8 Å². The summed E-state index contributed by atoms with van der Waals surface area (Å²) in [4.78, 5) is 9.70. The Labute approximate surface area is 374 Å². The molecule has 5 nitrogen and oxygen atoms in total. The third kappa shape index (κ3) is 7.90. The highest BCUT2D eigenvalue weighted by Gasteiger charge is 2.29. The molecule has 0 radical (unpaired) electrons. The smallest absolute Gasteiger partial charge is 0.137 e. The molecule has 5 heteroatoms. The van der Waals surface area contributed by atoms with Gasteiger partial charge in [-0.25, -0.2) is 4.98 Å². The normalized spacial score (nSPS) is 13.7. The van der Waals surface area contributed by atoms with Crippen molar-refractivity contribution in [3.05, 3.63) is 204 Å². The van der Waals surface area contributed by atoms with Crippen LogP contribution in [0, 0.1) is 0 Å². The highest BCUT2D eigenvalue weighted by molar-refractivity contribution is 6.11. The zero-order valence-electron chi connectivity index (χ0n) is 38.6. The second-order valence-electron chi connectivity index (χ2n) is 20.3. The number of para-hydroxylation sites is 1. The topological polar surface area (TPSA) is 33.5 Å². The summed E-state index contributed by atoms with van der Waals surface area (Å²) in [5.41, 5.74) is 11.2. The van der Waals surface area contributed by atoms with Crippen molar-refractivity contribution in [2.24, 2.45) is 0 Å². The van der Waals surface area contributed by atoms with Gasteiger partial charge in [-0.05, 0) is 92.7 Å². The predicted octanol–water partition coefficient (Wildman–Crippen LogP) is 15.0. The van der Waals surface area contributed by atoms with E-state index in [1.54, 1.807) is 0 Å². The lowest BCUT2D eigenvalue weighted by Crippen LogP contribution is -2.26. The summed E-state index contributed by atoms with van der Waals surface area (Å²) in [6, 6.07) is 54.8. The largest absolute Gasteiger partial charge is 0.457 e. The Hall–Kier alpha value is -6.59. The van der Waals surface area contributed by atoms with E-state index in [-0.39, 0.29) is 21.7 Å². The molecule has 0 fully saturated rings. The zero-order chi connectivity index (χ0) is 44.3. The maximum atomic E-state index is 7.18. The number of anilines is 2. The third-order valence-electron chi connectivity index (χ3n) is 13.2. The molecule has 2 aromatic heterocycles. The fourth-order valence-corrected chi connectivity index (χ4v) is 9.15. The molecule has 1 aliphatic rings. The summed E-state index contributed by atoms with van der Waals surface area (Å²) in [7, 11) is 0. The van der Waals surface area contributed by atoms with Gasteiger partial charge in [0.25, 0.3) is 0 Å². The molecule has 318 valence electrons. The van der Waals surface area contributed by atoms with E-state index in [4.69, 9.17) is 9.72 Å². The molecule has 0 aliphatic carbocycles. The highest BCUT2D eigenvalue weighted by atomic mass is 16.5. The van der Waals surface area contributed by atoms with Crippen LogP contribution in [-0.2, 0) is 21.7 Å². The molecule has 0 unspecified atom stereocenters. The SMILES string of the molecule is CC(C)(C)c1cccc(N2C=CN(c3cc(Oc4cc(C(C)(C)C)c5c6ccccc6n(-c6cc(C(C)(C)c7ccccc7)ccn6)c5c4)cc(C(C)(C)c4ccccc4)c3)C2)c1. The van der Waals surface area contributed by atoms with Gasteiger partial charge < -0.3 is 14.5 Å². The molecule has 3 heterocycles. The van der Waals surface area contributed by atoms with Gasteiger partial charge in [-0.15, -0.1) is 0 Å². The number of nitrogens with zero attached hydrogens (tertiary/aromatic N) is 4. The molecule has 9 rings (SSSR count). The van der Waals surface area contributed by atoms with Crippen LogP contribution in [0.5, 0.6) is 11.5 Å². The monoisotopic (exact) mass is 828 g/mol. The maximum Gasteiger partial charge on any atom is 0.137 e. The van der Waals surface area contributed by atoms with Crippen LogP contribution in [0.3, 0.4) is 0 Å². The Morgan fingerprint density at radius 3 is 1.71 bits per heavy atom. The van der Waals surface area contributed by atoms with Crippen molar-refractivity contribution in [3.63, 3.8) is 0 Å². The number of hydrogen-bond acceptors (Lipinski definition) is 4. The molecule has 63 heavy (non-hydrogen) atoms. The number of pyridine rings is 1. The minimum Gasteiger partial charge on any atom is -0.457 e. The quantitative estimate of drug-likeness (QED) is 0.145. The number of rotatable bonds is 9. The first kappa shape index (κ1) is 41.7. The summed E-state index contributed by atoms with van der Waals surface area (Å²) < 4.78 is 9.51. The first-order valence-electron chi connectivity index (χ1n) is 22.3. The lowest BCUT2D eigenvalue weighted by atomic mass is 9.78. The second-order valence-corrected chi connectivity index (χ2v) is 20.3. The van der Waals surface area contributed by atoms with Crippen LogP contribution in [0.1, 0.15) is 103 Å². The number of benzene rings is 6. The molecule has 0 spiro atoms. The summed E-state index contributed by atoms with van der Waals surface area (Å²) >= 11 is 0.